The van der Waals surface area contributed by atoms with Crippen molar-refractivity contribution in [3.8, 4) is 11.1 Å². The van der Waals surface area contributed by atoms with Gasteiger partial charge in [0.2, 0.25) is 0 Å². The van der Waals surface area contributed by atoms with E-state index in [-0.39, 0.29) is 64.9 Å². The zero-order valence-corrected chi connectivity index (χ0v) is 85.3. The molecule has 1 saturated carbocycles. The summed E-state index contributed by atoms with van der Waals surface area (Å²) in [6.07, 6.45) is 12.6. The van der Waals surface area contributed by atoms with Crippen molar-refractivity contribution in [1.29, 1.82) is 0 Å². The van der Waals surface area contributed by atoms with E-state index < -0.39 is 47.9 Å². The number of nitro benzene ring substituents is 5. The van der Waals surface area contributed by atoms with Crippen molar-refractivity contribution < 1.29 is 65.2 Å². The minimum atomic E-state index is -0.486. The maximum Gasteiger partial charge on any atom is 0.269 e. The highest BCUT2D eigenvalue weighted by Gasteiger charge is 2.18. The molecule has 764 valence electrons. The van der Waals surface area contributed by atoms with Crippen LogP contribution in [0.2, 0.25) is 0 Å². The van der Waals surface area contributed by atoms with E-state index in [2.05, 4.69) is 133 Å². The van der Waals surface area contributed by atoms with Gasteiger partial charge in [-0.2, -0.15) is 0 Å². The van der Waals surface area contributed by atoms with Crippen LogP contribution < -0.4 is 0 Å². The Morgan fingerprint density at radius 1 is 0.271 bits per heavy atom. The summed E-state index contributed by atoms with van der Waals surface area (Å²) in [5.41, 5.74) is 13.7. The topological polar surface area (TPSA) is 269 Å². The molecule has 2 saturated heterocycles. The number of benzene rings is 14. The first-order valence-corrected chi connectivity index (χ1v) is 47.1. The summed E-state index contributed by atoms with van der Waals surface area (Å²) in [4.78, 5) is 56.8. The summed E-state index contributed by atoms with van der Waals surface area (Å²) in [5, 5.41) is 56.5. The Morgan fingerprint density at radius 3 is 0.917 bits per heavy atom. The van der Waals surface area contributed by atoms with Gasteiger partial charge in [0.1, 0.15) is 40.7 Å². The maximum absolute atomic E-state index is 13.6. The summed E-state index contributed by atoms with van der Waals surface area (Å²) >= 11 is 0. The molecule has 3 heterocycles. The van der Waals surface area contributed by atoms with Crippen LogP contribution in [0.1, 0.15) is 166 Å². The number of non-ortho nitro benzene ring substituents is 5. The van der Waals surface area contributed by atoms with Gasteiger partial charge in [-0.1, -0.05) is 270 Å². The molecule has 3 aliphatic rings. The van der Waals surface area contributed by atoms with E-state index in [1.54, 1.807) is 118 Å². The number of nitrogens with zero attached hydrogens (tertiary/aromatic N) is 7. The summed E-state index contributed by atoms with van der Waals surface area (Å²) in [7, 11) is 0. The molecule has 2 atom stereocenters. The Labute approximate surface area is 843 Å². The average Bonchev–Trinajstić information content (AvgIpc) is 0.794. The van der Waals surface area contributed by atoms with Gasteiger partial charge in [0.15, 0.2) is 6.29 Å². The summed E-state index contributed by atoms with van der Waals surface area (Å²) in [5.74, 6) is 2.13. The minimum absolute atomic E-state index is 0. The average molecular weight is 1980 g/mol. The fraction of sp³-hybridized carbons (Fsp3) is 0.305. The Morgan fingerprint density at radius 2 is 0.576 bits per heavy atom. The first kappa shape index (κ1) is 122. The number of aromatic nitrogens is 2. The van der Waals surface area contributed by atoms with Gasteiger partial charge in [0.05, 0.1) is 43.9 Å². The highest BCUT2D eigenvalue weighted by atomic mass is 19.2. The Hall–Kier alpha value is -14.6. The van der Waals surface area contributed by atoms with Crippen LogP contribution in [0.15, 0.2) is 298 Å². The fourth-order valence-electron chi connectivity index (χ4n) is 13.5. The lowest BCUT2D eigenvalue weighted by molar-refractivity contribution is -0.385. The fourth-order valence-corrected chi connectivity index (χ4v) is 13.5. The van der Waals surface area contributed by atoms with Crippen LogP contribution in [0.25, 0.3) is 43.4 Å². The third-order valence-corrected chi connectivity index (χ3v) is 22.4. The SMILES string of the molecule is C.CC1CCC(C)CC1.CC1CCC(C)OC1.CC1COC(C)OC1.Cc1cc(F)c(C)c(F)c1.Cc1ccc(C)c(F)c1.Cc1ccc(C)cc1.Cc1ccc2c(F)c(C)c(F)cc2c1.Cc1ccc2c(F)c(C)ccc2c1.Cc1ccc2cc(C)ccc2c1.Cc1cnc(C)nc1.O=[N+]([O-])c1ccc(-c2ccc([N+](=O)[O-])cc2)cc1.O=[N+]([O-])c1ccccc1.O=[N+]([O-])c1ccccc1.O=[N+]([O-])c1ccccc1. The largest absolute Gasteiger partial charge is 0.378 e. The van der Waals surface area contributed by atoms with Gasteiger partial charge in [0, 0.05) is 107 Å². The molecule has 2 unspecified atom stereocenters. The Bertz CT molecular complexity index is 6030. The normalized spacial score (nSPS) is 14.8. The van der Waals surface area contributed by atoms with Crippen LogP contribution in [0, 0.1) is 206 Å². The molecule has 0 amide bonds. The van der Waals surface area contributed by atoms with E-state index >= 15 is 0 Å². The number of fused-ring (bicyclic) bond motifs is 3. The summed E-state index contributed by atoms with van der Waals surface area (Å²) in [6, 6.07) is 81.5. The van der Waals surface area contributed by atoms with Crippen molar-refractivity contribution >= 4 is 60.8 Å². The van der Waals surface area contributed by atoms with Crippen molar-refractivity contribution in [2.24, 2.45) is 23.7 Å². The smallest absolute Gasteiger partial charge is 0.269 e. The third kappa shape index (κ3) is 46.4. The van der Waals surface area contributed by atoms with Crippen LogP contribution in [0.4, 0.5) is 54.8 Å². The molecule has 0 spiro atoms. The lowest BCUT2D eigenvalue weighted by Gasteiger charge is -2.24. The van der Waals surface area contributed by atoms with Crippen molar-refractivity contribution in [2.45, 2.75) is 197 Å². The zero-order valence-electron chi connectivity index (χ0n) is 85.3. The van der Waals surface area contributed by atoms with E-state index in [1.165, 1.54) is 170 Å². The van der Waals surface area contributed by atoms with Crippen LogP contribution in [0.3, 0.4) is 0 Å². The predicted octanol–water partition coefficient (Wildman–Crippen LogP) is 33.5. The first-order chi connectivity index (χ1) is 67.8. The molecule has 20 nitrogen and oxygen atoms in total. The Balaban J connectivity index is 0.000000325. The molecule has 2 aliphatic heterocycles. The summed E-state index contributed by atoms with van der Waals surface area (Å²) in [6.45, 7) is 42.0. The second-order valence-corrected chi connectivity index (χ2v) is 35.8. The van der Waals surface area contributed by atoms with E-state index in [0.717, 1.165) is 82.2 Å². The molecule has 26 heteroatoms. The number of halogens is 6. The molecule has 18 rings (SSSR count). The van der Waals surface area contributed by atoms with Crippen molar-refractivity contribution in [2.75, 3.05) is 19.8 Å². The van der Waals surface area contributed by atoms with Gasteiger partial charge in [-0.15, -0.1) is 0 Å². The Kier molecular flexibility index (Phi) is 54.1. The molecule has 14 aromatic carbocycles. The monoisotopic (exact) mass is 1970 g/mol. The van der Waals surface area contributed by atoms with Crippen molar-refractivity contribution in [3.05, 3.63) is 461 Å². The van der Waals surface area contributed by atoms with E-state index in [1.807, 2.05) is 96.4 Å². The van der Waals surface area contributed by atoms with E-state index in [9.17, 15) is 76.9 Å². The number of ether oxygens (including phenoxy) is 3. The molecule has 15 aromatic rings. The van der Waals surface area contributed by atoms with E-state index in [4.69, 9.17) is 14.2 Å². The number of rotatable bonds is 6. The summed E-state index contributed by atoms with van der Waals surface area (Å²) < 4.78 is 93.8. The highest BCUT2D eigenvalue weighted by molar-refractivity contribution is 5.86. The highest BCUT2D eigenvalue weighted by Crippen LogP contribution is 2.30. The van der Waals surface area contributed by atoms with Crippen molar-refractivity contribution in [1.82, 2.24) is 9.97 Å². The van der Waals surface area contributed by atoms with E-state index in [0.29, 0.717) is 44.9 Å². The molecule has 0 N–H and O–H groups in total. The zero-order chi connectivity index (χ0) is 106. The van der Waals surface area contributed by atoms with Crippen LogP contribution >= 0.6 is 0 Å². The van der Waals surface area contributed by atoms with Crippen LogP contribution in [-0.4, -0.2) is 66.8 Å². The number of hydrogen-bond acceptors (Lipinski definition) is 15. The van der Waals surface area contributed by atoms with Crippen LogP contribution in [-0.2, 0) is 14.2 Å². The number of para-hydroxylation sites is 3. The number of aryl methyl sites for hydroxylation is 12. The van der Waals surface area contributed by atoms with Gasteiger partial charge in [-0.05, 0) is 250 Å². The molecule has 0 bridgehead atoms. The van der Waals surface area contributed by atoms with Gasteiger partial charge < -0.3 is 14.2 Å². The maximum atomic E-state index is 13.6. The molecule has 3 fully saturated rings. The standard InChI is InChI=1S/C12H10F2.C12H11F.C12H8N2O4.C12H12.C8H8F2.C8H9F.C8H16.C8H10.C7H14O.C6H8N2.3C6H5NO2.C6H12O2.CH4/c1-7-3-4-10-9(5-7)6-11(13)8(2)12(10)14;1-8-3-6-11-10(7-8)5-4-9(2)12(11)13;15-13(16)11-5-1-9(2-6-11)10-3-7-12(8-4-10)14(17)18;1-9-3-5-12-8-10(2)4-6-11(12)7-9;1-5-3-7(9)6(2)8(10)4-5;1-6-3-4-7(2)8(9)5-6;2*1-7-3-5-8(2)6-4-7;1-6-3-4-7(2)8-5-6;1-5-3-7-6(2)8-4-5;3*8-7(9)6-4-2-1-3-5-6;1-5-3-7-6(2)8-4-5;/h3-6H,1-2H3;3-7H,1-2H3;1-8H;3-8H,1-2H3;3-4H,1-2H3;3-5H,1-2H3;7-8H,3-6H2,1-2H3;3-6H,1-2H3;6-7H,3-5H2,1-2H3;3-4H,1-2H3;3*1-5H;5-6H,3-4H2,1-2H3;1H4. The molecule has 1 aliphatic carbocycles. The van der Waals surface area contributed by atoms with Gasteiger partial charge in [-0.25, -0.2) is 36.3 Å². The minimum Gasteiger partial charge on any atom is -0.378 e. The molecule has 0 radical (unpaired) electrons. The van der Waals surface area contributed by atoms with Crippen molar-refractivity contribution in [3.63, 3.8) is 0 Å². The predicted molar refractivity (Wildman–Crippen MR) is 572 cm³/mol. The van der Waals surface area contributed by atoms with Gasteiger partial charge >= 0.3 is 0 Å². The quantitative estimate of drug-likeness (QED) is 0.0850. The molecular weight excluding hydrogens is 1840 g/mol. The number of hydrogen-bond donors (Lipinski definition) is 0. The van der Waals surface area contributed by atoms with Gasteiger partial charge in [-0.3, -0.25) is 50.6 Å². The lowest BCUT2D eigenvalue weighted by Crippen LogP contribution is -2.27. The van der Waals surface area contributed by atoms with Crippen LogP contribution in [0.5, 0.6) is 0 Å². The second kappa shape index (κ2) is 64.0. The first-order valence-electron chi connectivity index (χ1n) is 47.1. The lowest BCUT2D eigenvalue weighted by atomic mass is 9.84. The third-order valence-electron chi connectivity index (χ3n) is 22.4. The molecular formula is C118H137F6N7O13. The van der Waals surface area contributed by atoms with Gasteiger partial charge in [0.25, 0.3) is 28.4 Å². The second-order valence-electron chi connectivity index (χ2n) is 35.8. The molecule has 1 aromatic heterocycles. The number of nitro groups is 5. The molecule has 144 heavy (non-hydrogen) atoms.